The molecule has 4 rings (SSSR count). The Balaban J connectivity index is 1.71. The van der Waals surface area contributed by atoms with Gasteiger partial charge in [0.05, 0.1) is 17.3 Å². The zero-order chi connectivity index (χ0) is 18.1. The Morgan fingerprint density at radius 2 is 1.77 bits per heavy atom. The van der Waals surface area contributed by atoms with Crippen LogP contribution < -0.4 is 14.5 Å². The number of nitrogens with zero attached hydrogens (tertiary/aromatic N) is 5. The van der Waals surface area contributed by atoms with Gasteiger partial charge in [-0.2, -0.15) is 4.98 Å². The van der Waals surface area contributed by atoms with Crippen molar-refractivity contribution in [3.63, 3.8) is 0 Å². The van der Waals surface area contributed by atoms with Crippen LogP contribution in [0.2, 0.25) is 0 Å². The largest absolute Gasteiger partial charge is 0.497 e. The third-order valence-corrected chi connectivity index (χ3v) is 5.74. The predicted octanol–water partition coefficient (Wildman–Crippen LogP) is 3.22. The van der Waals surface area contributed by atoms with Crippen LogP contribution in [0.4, 0.5) is 17.5 Å². The first kappa shape index (κ1) is 17.1. The van der Waals surface area contributed by atoms with E-state index in [2.05, 4.69) is 52.4 Å². The molecule has 1 saturated heterocycles. The molecule has 3 aromatic rings. The summed E-state index contributed by atoms with van der Waals surface area (Å²) in [4.78, 5) is 16.5. The van der Waals surface area contributed by atoms with E-state index in [0.717, 1.165) is 59.6 Å². The molecule has 0 bridgehead atoms. The van der Waals surface area contributed by atoms with Crippen LogP contribution in [0.25, 0.3) is 10.2 Å². The molecule has 0 spiro atoms. The summed E-state index contributed by atoms with van der Waals surface area (Å²) in [5.74, 6) is 2.62. The van der Waals surface area contributed by atoms with Gasteiger partial charge in [0.25, 0.3) is 0 Å². The van der Waals surface area contributed by atoms with Gasteiger partial charge in [0.2, 0.25) is 5.95 Å². The number of methoxy groups -OCH3 is 1. The van der Waals surface area contributed by atoms with Gasteiger partial charge in [-0.25, -0.2) is 4.98 Å². The van der Waals surface area contributed by atoms with E-state index >= 15 is 0 Å². The van der Waals surface area contributed by atoms with Crippen molar-refractivity contribution in [1.29, 1.82) is 0 Å². The first-order valence-corrected chi connectivity index (χ1v) is 9.60. The zero-order valence-electron chi connectivity index (χ0n) is 15.3. The van der Waals surface area contributed by atoms with Crippen LogP contribution in [0.15, 0.2) is 35.7 Å². The van der Waals surface area contributed by atoms with Crippen molar-refractivity contribution in [2.24, 2.45) is 0 Å². The van der Waals surface area contributed by atoms with Crippen LogP contribution in [0.3, 0.4) is 0 Å². The van der Waals surface area contributed by atoms with E-state index < -0.39 is 0 Å². The van der Waals surface area contributed by atoms with E-state index in [1.54, 1.807) is 18.4 Å². The zero-order valence-corrected chi connectivity index (χ0v) is 16.2. The quantitative estimate of drug-likeness (QED) is 0.704. The van der Waals surface area contributed by atoms with Crippen molar-refractivity contribution in [2.45, 2.75) is 0 Å². The Labute approximate surface area is 157 Å². The molecule has 1 aromatic carbocycles. The maximum atomic E-state index is 5.27. The van der Waals surface area contributed by atoms with Crippen molar-refractivity contribution in [3.05, 3.63) is 35.7 Å². The average Bonchev–Trinajstić information content (AvgIpc) is 3.16. The molecule has 0 radical (unpaired) electrons. The monoisotopic (exact) mass is 369 g/mol. The molecule has 2 aromatic heterocycles. The number of likely N-dealkylation sites (N-methyl/N-ethyl adjacent to an activating group) is 1. The van der Waals surface area contributed by atoms with Gasteiger partial charge < -0.3 is 19.4 Å². The Morgan fingerprint density at radius 3 is 2.46 bits per heavy atom. The van der Waals surface area contributed by atoms with Crippen molar-refractivity contribution < 1.29 is 4.74 Å². The highest BCUT2D eigenvalue weighted by molar-refractivity contribution is 7.17. The van der Waals surface area contributed by atoms with Gasteiger partial charge in [-0.1, -0.05) is 0 Å². The number of ether oxygens (including phenoxy) is 1. The Kier molecular flexibility index (Phi) is 4.65. The normalized spacial score (nSPS) is 15.4. The van der Waals surface area contributed by atoms with Gasteiger partial charge in [-0.15, -0.1) is 11.3 Å². The van der Waals surface area contributed by atoms with Gasteiger partial charge in [0.15, 0.2) is 5.82 Å². The first-order chi connectivity index (χ1) is 12.7. The highest BCUT2D eigenvalue weighted by Crippen LogP contribution is 2.34. The Morgan fingerprint density at radius 1 is 1.04 bits per heavy atom. The highest BCUT2D eigenvalue weighted by atomic mass is 32.1. The van der Waals surface area contributed by atoms with Crippen molar-refractivity contribution in [1.82, 2.24) is 14.9 Å². The molecule has 0 unspecified atom stereocenters. The molecule has 0 N–H and O–H groups in total. The molecule has 1 aliphatic heterocycles. The minimum atomic E-state index is 0.819. The molecule has 6 nitrogen and oxygen atoms in total. The van der Waals surface area contributed by atoms with E-state index in [1.165, 1.54) is 0 Å². The topological polar surface area (TPSA) is 44.7 Å². The third kappa shape index (κ3) is 3.20. The molecule has 0 saturated carbocycles. The van der Waals surface area contributed by atoms with E-state index in [0.29, 0.717) is 0 Å². The predicted molar refractivity (Wildman–Crippen MR) is 108 cm³/mol. The summed E-state index contributed by atoms with van der Waals surface area (Å²) in [5, 5.41) is 2.08. The minimum absolute atomic E-state index is 0.819. The van der Waals surface area contributed by atoms with Gasteiger partial charge in [0.1, 0.15) is 5.75 Å². The third-order valence-electron chi connectivity index (χ3n) is 4.84. The lowest BCUT2D eigenvalue weighted by atomic mass is 10.2. The molecule has 1 aliphatic rings. The fraction of sp³-hybridized carbons (Fsp3) is 0.368. The number of anilines is 3. The molecule has 0 amide bonds. The molecule has 26 heavy (non-hydrogen) atoms. The van der Waals surface area contributed by atoms with E-state index in [9.17, 15) is 0 Å². The highest BCUT2D eigenvalue weighted by Gasteiger charge is 2.20. The van der Waals surface area contributed by atoms with Crippen LogP contribution in [0, 0.1) is 0 Å². The number of rotatable bonds is 4. The van der Waals surface area contributed by atoms with Crippen LogP contribution in [0.5, 0.6) is 5.75 Å². The number of hydrogen-bond acceptors (Lipinski definition) is 7. The van der Waals surface area contributed by atoms with Crippen molar-refractivity contribution in [3.8, 4) is 5.75 Å². The number of aromatic nitrogens is 2. The second kappa shape index (κ2) is 7.09. The van der Waals surface area contributed by atoms with Crippen LogP contribution >= 0.6 is 11.3 Å². The van der Waals surface area contributed by atoms with Gasteiger partial charge in [-0.3, -0.25) is 0 Å². The fourth-order valence-corrected chi connectivity index (χ4v) is 3.99. The summed E-state index contributed by atoms with van der Waals surface area (Å²) >= 11 is 1.68. The second-order valence-corrected chi connectivity index (χ2v) is 7.45. The summed E-state index contributed by atoms with van der Waals surface area (Å²) in [6.07, 6.45) is 0. The van der Waals surface area contributed by atoms with E-state index in [-0.39, 0.29) is 0 Å². The Hall–Kier alpha value is -2.38. The number of benzene rings is 1. The molecular formula is C19H23N5OS. The maximum Gasteiger partial charge on any atom is 0.228 e. The number of thiophene rings is 1. The fourth-order valence-electron chi connectivity index (χ4n) is 3.14. The molecule has 1 fully saturated rings. The van der Waals surface area contributed by atoms with E-state index in [4.69, 9.17) is 14.7 Å². The average molecular weight is 369 g/mol. The summed E-state index contributed by atoms with van der Waals surface area (Å²) in [5.41, 5.74) is 2.08. The molecule has 7 heteroatoms. The lowest BCUT2D eigenvalue weighted by molar-refractivity contribution is 0.311. The number of hydrogen-bond donors (Lipinski definition) is 0. The van der Waals surface area contributed by atoms with Crippen molar-refractivity contribution >= 4 is 39.0 Å². The minimum Gasteiger partial charge on any atom is -0.497 e. The van der Waals surface area contributed by atoms with E-state index in [1.807, 2.05) is 12.1 Å². The molecule has 136 valence electrons. The van der Waals surface area contributed by atoms with Crippen LogP contribution in [-0.4, -0.2) is 62.3 Å². The Bertz CT molecular complexity index is 887. The summed E-state index contributed by atoms with van der Waals surface area (Å²) in [6, 6.07) is 10.1. The lowest BCUT2D eigenvalue weighted by Gasteiger charge is -2.33. The molecular weight excluding hydrogens is 346 g/mol. The summed E-state index contributed by atoms with van der Waals surface area (Å²) in [7, 11) is 5.89. The van der Waals surface area contributed by atoms with Gasteiger partial charge >= 0.3 is 0 Å². The smallest absolute Gasteiger partial charge is 0.228 e. The molecule has 0 aliphatic carbocycles. The van der Waals surface area contributed by atoms with Crippen molar-refractivity contribution in [2.75, 3.05) is 57.2 Å². The van der Waals surface area contributed by atoms with Gasteiger partial charge in [0, 0.05) is 38.9 Å². The number of piperazine rings is 1. The first-order valence-electron chi connectivity index (χ1n) is 8.72. The number of fused-ring (bicyclic) bond motifs is 1. The summed E-state index contributed by atoms with van der Waals surface area (Å²) < 4.78 is 6.38. The molecule has 3 heterocycles. The SMILES string of the molecule is COc1ccc(N(C)c2nc(N3CCN(C)CC3)nc3ccsc23)cc1. The standard InChI is InChI=1S/C19H23N5OS/c1-22-9-11-24(12-10-22)19-20-16-8-13-26-17(16)18(21-19)23(2)14-4-6-15(25-3)7-5-14/h4-8,13H,9-12H2,1-3H3. The van der Waals surface area contributed by atoms with Crippen LogP contribution in [0.1, 0.15) is 0 Å². The lowest BCUT2D eigenvalue weighted by Crippen LogP contribution is -2.45. The summed E-state index contributed by atoms with van der Waals surface area (Å²) in [6.45, 7) is 3.99. The van der Waals surface area contributed by atoms with Crippen LogP contribution in [-0.2, 0) is 0 Å². The molecule has 0 atom stereocenters. The maximum absolute atomic E-state index is 5.27. The second-order valence-electron chi connectivity index (χ2n) is 6.53. The van der Waals surface area contributed by atoms with Gasteiger partial charge in [-0.05, 0) is 42.8 Å².